The summed E-state index contributed by atoms with van der Waals surface area (Å²) in [6, 6.07) is 0. The Kier molecular flexibility index (Phi) is 30.8. The fraction of sp³-hybridized carbons (Fsp3) is 0.816. The number of rotatable bonds is 35. The third-order valence-corrected chi connectivity index (χ3v) is 11.3. The van der Waals surface area contributed by atoms with Gasteiger partial charge in [-0.05, 0) is 110 Å². The zero-order valence-corrected chi connectivity index (χ0v) is 36.5. The zero-order valence-electron chi connectivity index (χ0n) is 36.5. The Morgan fingerprint density at radius 1 is 0.655 bits per heavy atom. The van der Waals surface area contributed by atoms with Gasteiger partial charge >= 0.3 is 5.97 Å². The average Bonchev–Trinajstić information content (AvgIpc) is 3.56. The van der Waals surface area contributed by atoms with E-state index in [0.717, 1.165) is 58.2 Å². The Morgan fingerprint density at radius 2 is 1.13 bits per heavy atom. The van der Waals surface area contributed by atoms with Gasteiger partial charge in [-0.15, -0.1) is 0 Å². The molecule has 2 fully saturated rings. The molecule has 2 aliphatic rings. The molecule has 0 aliphatic carbocycles. The van der Waals surface area contributed by atoms with E-state index in [4.69, 9.17) is 18.9 Å². The third-order valence-electron chi connectivity index (χ3n) is 11.3. The lowest BCUT2D eigenvalue weighted by molar-refractivity contribution is -0.163. The van der Waals surface area contributed by atoms with Gasteiger partial charge in [-0.3, -0.25) is 4.79 Å². The predicted molar refractivity (Wildman–Crippen MR) is 234 cm³/mol. The highest BCUT2D eigenvalue weighted by atomic mass is 16.6. The summed E-state index contributed by atoms with van der Waals surface area (Å²) in [6.07, 6.45) is 49.5. The summed E-state index contributed by atoms with van der Waals surface area (Å²) in [5, 5.41) is 0. The number of carbonyl (C=O) groups excluding carboxylic acids is 1. The van der Waals surface area contributed by atoms with Gasteiger partial charge in [-0.25, -0.2) is 0 Å². The smallest absolute Gasteiger partial charge is 0.313 e. The third kappa shape index (κ3) is 25.3. The topological polar surface area (TPSA) is 57.2 Å². The van der Waals surface area contributed by atoms with Crippen LogP contribution in [0.2, 0.25) is 0 Å². The van der Waals surface area contributed by atoms with Crippen molar-refractivity contribution in [1.29, 1.82) is 0 Å². The van der Waals surface area contributed by atoms with Crippen molar-refractivity contribution in [1.82, 2.24) is 4.90 Å². The molecule has 2 unspecified atom stereocenters. The molecule has 0 aromatic carbocycles. The monoisotopic (exact) mass is 770 g/mol. The van der Waals surface area contributed by atoms with Gasteiger partial charge in [0.1, 0.15) is 24.9 Å². The number of esters is 1. The van der Waals surface area contributed by atoms with Crippen LogP contribution in [0.5, 0.6) is 0 Å². The maximum atomic E-state index is 13.2. The standard InChI is InChI=1S/C49H87NO5/c1-5-7-9-11-13-15-17-19-21-23-25-27-29-31-33-35-40-52-45-42-54-46(43-55-48(51)49(3)38-37-39-50(4)44-49)47(45)53-41-36-34-32-30-28-26-24-22-20-18-16-14-12-10-8-6-2/h13-16,19-22,45-47H,5-12,17-18,23-44H2,1-4H3/b15-13-,16-14-,21-19-,22-20-/t45?,46-,47-,49?/m1/s1. The number of nitrogens with zero attached hydrogens (tertiary/aromatic N) is 1. The molecule has 318 valence electrons. The first-order valence-corrected chi connectivity index (χ1v) is 23.3. The second-order valence-electron chi connectivity index (χ2n) is 16.8. The molecule has 0 amide bonds. The minimum atomic E-state index is -0.458. The molecule has 2 saturated heterocycles. The lowest BCUT2D eigenvalue weighted by atomic mass is 9.82. The average molecular weight is 770 g/mol. The van der Waals surface area contributed by atoms with Crippen molar-refractivity contribution in [2.45, 2.75) is 206 Å². The second-order valence-corrected chi connectivity index (χ2v) is 16.8. The number of likely N-dealkylation sites (tertiary alicyclic amines) is 1. The summed E-state index contributed by atoms with van der Waals surface area (Å²) >= 11 is 0. The number of piperidine rings is 1. The van der Waals surface area contributed by atoms with E-state index in [1.165, 1.54) is 128 Å². The van der Waals surface area contributed by atoms with E-state index in [1.807, 2.05) is 6.92 Å². The number of hydrogen-bond acceptors (Lipinski definition) is 6. The van der Waals surface area contributed by atoms with Crippen molar-refractivity contribution in [2.75, 3.05) is 46.6 Å². The van der Waals surface area contributed by atoms with Crippen molar-refractivity contribution in [3.8, 4) is 0 Å². The highest BCUT2D eigenvalue weighted by Crippen LogP contribution is 2.31. The molecule has 0 saturated carbocycles. The van der Waals surface area contributed by atoms with Gasteiger partial charge in [-0.1, -0.05) is 140 Å². The SMILES string of the molecule is CCCCC/C=C\C/C=C\CCCCCCCCOC1CO[C@H](COC(=O)C2(C)CCCN(C)C2)[C@@H]1OCCCCCCCC/C=C\C/C=C\CCCCC. The quantitative estimate of drug-likeness (QED) is 0.0363. The molecule has 6 heteroatoms. The first-order chi connectivity index (χ1) is 27.0. The normalized spacial score (nSPS) is 22.4. The molecule has 0 N–H and O–H groups in total. The molecule has 0 bridgehead atoms. The van der Waals surface area contributed by atoms with Gasteiger partial charge in [0, 0.05) is 19.8 Å². The van der Waals surface area contributed by atoms with E-state index >= 15 is 0 Å². The van der Waals surface area contributed by atoms with E-state index in [0.29, 0.717) is 13.2 Å². The van der Waals surface area contributed by atoms with Gasteiger partial charge in [0.15, 0.2) is 0 Å². The van der Waals surface area contributed by atoms with Crippen molar-refractivity contribution < 1.29 is 23.7 Å². The van der Waals surface area contributed by atoms with Crippen molar-refractivity contribution in [3.05, 3.63) is 48.6 Å². The van der Waals surface area contributed by atoms with E-state index in [-0.39, 0.29) is 30.9 Å². The first kappa shape index (κ1) is 49.4. The minimum absolute atomic E-state index is 0.109. The highest BCUT2D eigenvalue weighted by Gasteiger charge is 2.42. The number of carbonyl (C=O) groups is 1. The Balaban J connectivity index is 1.62. The van der Waals surface area contributed by atoms with Crippen LogP contribution >= 0.6 is 0 Å². The molecule has 0 radical (unpaired) electrons. The fourth-order valence-electron chi connectivity index (χ4n) is 7.77. The van der Waals surface area contributed by atoms with Crippen LogP contribution in [0, 0.1) is 5.41 Å². The Bertz CT molecular complexity index is 1020. The molecule has 0 aromatic heterocycles. The highest BCUT2D eigenvalue weighted by molar-refractivity contribution is 5.76. The van der Waals surface area contributed by atoms with Crippen LogP contribution in [0.1, 0.15) is 188 Å². The van der Waals surface area contributed by atoms with Crippen LogP contribution in [0.25, 0.3) is 0 Å². The van der Waals surface area contributed by atoms with Crippen LogP contribution in [0.4, 0.5) is 0 Å². The van der Waals surface area contributed by atoms with E-state index in [2.05, 4.69) is 74.4 Å². The summed E-state index contributed by atoms with van der Waals surface area (Å²) in [7, 11) is 2.08. The zero-order chi connectivity index (χ0) is 39.5. The molecule has 6 nitrogen and oxygen atoms in total. The van der Waals surface area contributed by atoms with E-state index in [1.54, 1.807) is 0 Å². The molecule has 0 aromatic rings. The first-order valence-electron chi connectivity index (χ1n) is 23.3. The Morgan fingerprint density at radius 3 is 1.64 bits per heavy atom. The minimum Gasteiger partial charge on any atom is -0.462 e. The number of allylic oxidation sites excluding steroid dienone is 8. The Labute approximate surface area is 340 Å². The summed E-state index contributed by atoms with van der Waals surface area (Å²) in [5.41, 5.74) is -0.458. The molecule has 2 aliphatic heterocycles. The van der Waals surface area contributed by atoms with Crippen LogP contribution in [-0.4, -0.2) is 75.7 Å². The van der Waals surface area contributed by atoms with Gasteiger partial charge in [-0.2, -0.15) is 0 Å². The molecular formula is C49H87NO5. The molecule has 4 atom stereocenters. The van der Waals surface area contributed by atoms with Gasteiger partial charge in [0.25, 0.3) is 0 Å². The maximum Gasteiger partial charge on any atom is 0.313 e. The molecule has 2 heterocycles. The lowest BCUT2D eigenvalue weighted by Crippen LogP contribution is -2.46. The molecular weight excluding hydrogens is 683 g/mol. The molecule has 2 rings (SSSR count). The van der Waals surface area contributed by atoms with Crippen LogP contribution < -0.4 is 0 Å². The summed E-state index contributed by atoms with van der Waals surface area (Å²) < 4.78 is 25.0. The molecule has 0 spiro atoms. The van der Waals surface area contributed by atoms with Crippen molar-refractivity contribution in [3.63, 3.8) is 0 Å². The summed E-state index contributed by atoms with van der Waals surface area (Å²) in [5.74, 6) is -0.114. The fourth-order valence-corrected chi connectivity index (χ4v) is 7.77. The number of ether oxygens (including phenoxy) is 4. The number of hydrogen-bond donors (Lipinski definition) is 0. The van der Waals surface area contributed by atoms with Crippen molar-refractivity contribution >= 4 is 5.97 Å². The van der Waals surface area contributed by atoms with Crippen LogP contribution in [0.3, 0.4) is 0 Å². The number of unbranched alkanes of at least 4 members (excludes halogenated alkanes) is 18. The lowest BCUT2D eigenvalue weighted by Gasteiger charge is -2.36. The predicted octanol–water partition coefficient (Wildman–Crippen LogP) is 13.1. The van der Waals surface area contributed by atoms with Crippen LogP contribution in [0.15, 0.2) is 48.6 Å². The molecule has 55 heavy (non-hydrogen) atoms. The van der Waals surface area contributed by atoms with Gasteiger partial charge < -0.3 is 23.8 Å². The van der Waals surface area contributed by atoms with Crippen molar-refractivity contribution in [2.24, 2.45) is 5.41 Å². The summed E-state index contributed by atoms with van der Waals surface area (Å²) in [4.78, 5) is 15.4. The van der Waals surface area contributed by atoms with E-state index in [9.17, 15) is 4.79 Å². The second kappa shape index (κ2) is 34.3. The Hall–Kier alpha value is -1.73. The summed E-state index contributed by atoms with van der Waals surface area (Å²) in [6.45, 7) is 10.5. The van der Waals surface area contributed by atoms with Gasteiger partial charge in [0.2, 0.25) is 0 Å². The van der Waals surface area contributed by atoms with Crippen LogP contribution in [-0.2, 0) is 23.7 Å². The maximum absolute atomic E-state index is 13.2. The van der Waals surface area contributed by atoms with Gasteiger partial charge in [0.05, 0.1) is 12.0 Å². The van der Waals surface area contributed by atoms with E-state index < -0.39 is 5.41 Å². The largest absolute Gasteiger partial charge is 0.462 e.